The molecular formula is C27H17F4N3O2S. The normalized spacial score (nSPS) is 11.6. The molecule has 0 aliphatic carbocycles. The molecular weight excluding hydrogens is 506 g/mol. The number of amides is 1. The first-order chi connectivity index (χ1) is 17.7. The lowest BCUT2D eigenvalue weighted by Gasteiger charge is -2.11. The number of aromatic nitrogens is 2. The number of hydrogen-bond donors (Lipinski definition) is 1. The Morgan fingerprint density at radius 3 is 2.32 bits per heavy atom. The van der Waals surface area contributed by atoms with E-state index >= 15 is 0 Å². The van der Waals surface area contributed by atoms with Crippen LogP contribution in [-0.2, 0) is 6.42 Å². The first kappa shape index (κ1) is 24.4. The number of benzene rings is 3. The van der Waals surface area contributed by atoms with Gasteiger partial charge in [-0.15, -0.1) is 24.5 Å². The van der Waals surface area contributed by atoms with Crippen LogP contribution >= 0.6 is 11.3 Å². The maximum Gasteiger partial charge on any atom is 0.573 e. The molecule has 5 nitrogen and oxygen atoms in total. The zero-order valence-electron chi connectivity index (χ0n) is 18.9. The van der Waals surface area contributed by atoms with E-state index < -0.39 is 18.1 Å². The van der Waals surface area contributed by atoms with Gasteiger partial charge < -0.3 is 10.5 Å². The zero-order chi connectivity index (χ0) is 26.2. The van der Waals surface area contributed by atoms with Crippen LogP contribution in [0.2, 0.25) is 0 Å². The van der Waals surface area contributed by atoms with E-state index in [1.54, 1.807) is 36.4 Å². The van der Waals surface area contributed by atoms with Crippen LogP contribution in [0.5, 0.6) is 5.75 Å². The van der Waals surface area contributed by atoms with E-state index in [4.69, 9.17) is 10.7 Å². The summed E-state index contributed by atoms with van der Waals surface area (Å²) in [5.41, 5.74) is 8.39. The Hall–Kier alpha value is -4.31. The molecule has 1 amide bonds. The van der Waals surface area contributed by atoms with Crippen molar-refractivity contribution < 1.29 is 27.1 Å². The molecule has 0 unspecified atom stereocenters. The van der Waals surface area contributed by atoms with Gasteiger partial charge in [-0.25, -0.2) is 14.4 Å². The van der Waals surface area contributed by atoms with E-state index in [9.17, 15) is 22.4 Å². The Balaban J connectivity index is 1.50. The van der Waals surface area contributed by atoms with Gasteiger partial charge in [-0.2, -0.15) is 0 Å². The highest BCUT2D eigenvalue weighted by Gasteiger charge is 2.31. The number of carbonyl (C=O) groups excluding carboxylic acids is 1. The molecule has 0 saturated heterocycles. The van der Waals surface area contributed by atoms with E-state index in [0.717, 1.165) is 9.75 Å². The van der Waals surface area contributed by atoms with E-state index in [2.05, 4.69) is 9.72 Å². The third kappa shape index (κ3) is 5.29. The van der Waals surface area contributed by atoms with E-state index in [1.807, 2.05) is 12.1 Å². The van der Waals surface area contributed by atoms with Crippen LogP contribution in [0.4, 0.5) is 17.6 Å². The minimum atomic E-state index is -4.76. The number of primary amides is 1. The van der Waals surface area contributed by atoms with Crippen molar-refractivity contribution >= 4 is 28.3 Å². The summed E-state index contributed by atoms with van der Waals surface area (Å²) >= 11 is 1.39. The van der Waals surface area contributed by atoms with Gasteiger partial charge in [-0.05, 0) is 54.1 Å². The average Bonchev–Trinajstić information content (AvgIpc) is 3.31. The second kappa shape index (κ2) is 9.62. The molecule has 2 N–H and O–H groups in total. The molecule has 0 radical (unpaired) electrons. The van der Waals surface area contributed by atoms with Gasteiger partial charge >= 0.3 is 6.36 Å². The third-order valence-corrected chi connectivity index (χ3v) is 6.67. The minimum absolute atomic E-state index is 0.0155. The first-order valence-electron chi connectivity index (χ1n) is 11.0. The number of halogens is 4. The summed E-state index contributed by atoms with van der Waals surface area (Å²) in [5.74, 6) is -1.46. The monoisotopic (exact) mass is 523 g/mol. The number of nitrogens with zero attached hydrogens (tertiary/aromatic N) is 2. The quantitative estimate of drug-likeness (QED) is 0.250. The van der Waals surface area contributed by atoms with E-state index in [0.29, 0.717) is 33.4 Å². The molecule has 2 heterocycles. The summed E-state index contributed by atoms with van der Waals surface area (Å²) in [6, 6.07) is 20.6. The van der Waals surface area contributed by atoms with Gasteiger partial charge in [0.2, 0.25) is 0 Å². The maximum absolute atomic E-state index is 14.5. The fraction of sp³-hybridized carbons (Fsp3) is 0.0741. The van der Waals surface area contributed by atoms with Crippen LogP contribution in [0.15, 0.2) is 78.9 Å². The molecule has 0 fully saturated rings. The Kier molecular flexibility index (Phi) is 6.34. The minimum Gasteiger partial charge on any atom is -0.406 e. The molecule has 0 aliphatic rings. The number of alkyl halides is 3. The third-order valence-electron chi connectivity index (χ3n) is 5.54. The Morgan fingerprint density at radius 2 is 1.62 bits per heavy atom. The van der Waals surface area contributed by atoms with Crippen LogP contribution in [-0.4, -0.2) is 22.2 Å². The summed E-state index contributed by atoms with van der Waals surface area (Å²) in [5, 5.41) is 0. The van der Waals surface area contributed by atoms with Crippen LogP contribution < -0.4 is 10.5 Å². The highest BCUT2D eigenvalue weighted by Crippen LogP contribution is 2.33. The van der Waals surface area contributed by atoms with Crippen molar-refractivity contribution in [1.82, 2.24) is 9.97 Å². The molecule has 0 atom stereocenters. The number of carbonyl (C=O) groups is 1. The molecule has 0 saturated carbocycles. The van der Waals surface area contributed by atoms with Gasteiger partial charge in [0, 0.05) is 27.3 Å². The van der Waals surface area contributed by atoms with Gasteiger partial charge in [0.1, 0.15) is 11.6 Å². The van der Waals surface area contributed by atoms with Crippen molar-refractivity contribution in [3.8, 4) is 27.3 Å². The smallest absolute Gasteiger partial charge is 0.406 e. The summed E-state index contributed by atoms with van der Waals surface area (Å²) in [7, 11) is 0. The number of hydrogen-bond acceptors (Lipinski definition) is 5. The number of thiophene rings is 1. The van der Waals surface area contributed by atoms with Crippen molar-refractivity contribution in [1.29, 1.82) is 0 Å². The SMILES string of the molecule is NC(=O)c1nc2cccc(-c3ccccc3F)c2nc1Cc1ccc(-c2ccc(OC(F)(F)F)cc2)s1. The molecule has 0 spiro atoms. The predicted octanol–water partition coefficient (Wildman–Crippen LogP) is 6.75. The summed E-state index contributed by atoms with van der Waals surface area (Å²) in [4.78, 5) is 22.9. The number of para-hydroxylation sites is 1. The zero-order valence-corrected chi connectivity index (χ0v) is 19.7. The van der Waals surface area contributed by atoms with Gasteiger partial charge in [0.05, 0.1) is 16.7 Å². The lowest BCUT2D eigenvalue weighted by Crippen LogP contribution is -2.17. The van der Waals surface area contributed by atoms with Gasteiger partial charge in [-0.3, -0.25) is 4.79 Å². The Bertz CT molecular complexity index is 1610. The standard InChI is InChI=1S/C27H17F4N3O2S/c28-20-6-2-1-4-18(20)19-5-3-7-21-24(19)34-22(25(33-21)26(32)35)14-17-12-13-23(37-17)15-8-10-16(11-9-15)36-27(29,30)31/h1-13H,14H2,(H2,32,35). The molecule has 10 heteroatoms. The molecule has 2 aromatic heterocycles. The number of rotatable bonds is 6. The molecule has 3 aromatic carbocycles. The number of ether oxygens (including phenoxy) is 1. The topological polar surface area (TPSA) is 78.1 Å². The maximum atomic E-state index is 14.5. The second-order valence-electron chi connectivity index (χ2n) is 8.05. The molecule has 5 rings (SSSR count). The lowest BCUT2D eigenvalue weighted by atomic mass is 10.0. The van der Waals surface area contributed by atoms with Gasteiger partial charge in [0.25, 0.3) is 5.91 Å². The van der Waals surface area contributed by atoms with E-state index in [1.165, 1.54) is 41.7 Å². The van der Waals surface area contributed by atoms with Crippen LogP contribution in [0.1, 0.15) is 21.1 Å². The summed E-state index contributed by atoms with van der Waals surface area (Å²) in [6.07, 6.45) is -4.53. The van der Waals surface area contributed by atoms with Crippen LogP contribution in [0, 0.1) is 5.82 Å². The number of nitrogens with two attached hydrogens (primary N) is 1. The summed E-state index contributed by atoms with van der Waals surface area (Å²) < 4.78 is 55.7. The van der Waals surface area contributed by atoms with Gasteiger partial charge in [-0.1, -0.05) is 30.3 Å². The summed E-state index contributed by atoms with van der Waals surface area (Å²) in [6.45, 7) is 0. The van der Waals surface area contributed by atoms with Crippen molar-refractivity contribution in [2.75, 3.05) is 0 Å². The first-order valence-corrected chi connectivity index (χ1v) is 11.8. The van der Waals surface area contributed by atoms with E-state index in [-0.39, 0.29) is 17.9 Å². The molecule has 186 valence electrons. The highest BCUT2D eigenvalue weighted by molar-refractivity contribution is 7.15. The molecule has 37 heavy (non-hydrogen) atoms. The highest BCUT2D eigenvalue weighted by atomic mass is 32.1. The van der Waals surface area contributed by atoms with Crippen molar-refractivity contribution in [3.05, 3.63) is 101 Å². The average molecular weight is 524 g/mol. The lowest BCUT2D eigenvalue weighted by molar-refractivity contribution is -0.274. The van der Waals surface area contributed by atoms with Crippen molar-refractivity contribution in [2.24, 2.45) is 5.73 Å². The number of fused-ring (bicyclic) bond motifs is 1. The van der Waals surface area contributed by atoms with Crippen LogP contribution in [0.3, 0.4) is 0 Å². The largest absolute Gasteiger partial charge is 0.573 e. The van der Waals surface area contributed by atoms with Gasteiger partial charge in [0.15, 0.2) is 5.69 Å². The molecule has 0 aliphatic heterocycles. The van der Waals surface area contributed by atoms with Crippen molar-refractivity contribution in [3.63, 3.8) is 0 Å². The van der Waals surface area contributed by atoms with Crippen molar-refractivity contribution in [2.45, 2.75) is 12.8 Å². The fourth-order valence-corrected chi connectivity index (χ4v) is 4.96. The second-order valence-corrected chi connectivity index (χ2v) is 9.22. The fourth-order valence-electron chi connectivity index (χ4n) is 3.94. The molecule has 5 aromatic rings. The van der Waals surface area contributed by atoms with Crippen LogP contribution in [0.25, 0.3) is 32.6 Å². The predicted molar refractivity (Wildman–Crippen MR) is 133 cm³/mol. The molecule has 0 bridgehead atoms. The Morgan fingerprint density at radius 1 is 0.892 bits per heavy atom. The Labute approximate surface area is 212 Å².